The molecule has 0 amide bonds. The van der Waals surface area contributed by atoms with Crippen LogP contribution in [0.3, 0.4) is 0 Å². The van der Waals surface area contributed by atoms with Crippen LogP contribution < -0.4 is 10.9 Å². The van der Waals surface area contributed by atoms with Gasteiger partial charge in [0.25, 0.3) is 12.0 Å². The van der Waals surface area contributed by atoms with E-state index in [9.17, 15) is 18.0 Å². The number of benzene rings is 1. The third kappa shape index (κ3) is 3.82. The predicted molar refractivity (Wildman–Crippen MR) is 103 cm³/mol. The predicted octanol–water partition coefficient (Wildman–Crippen LogP) is 4.59. The number of rotatable bonds is 6. The van der Waals surface area contributed by atoms with Crippen LogP contribution in [0.15, 0.2) is 35.3 Å². The summed E-state index contributed by atoms with van der Waals surface area (Å²) in [4.78, 5) is 12.2. The van der Waals surface area contributed by atoms with E-state index in [0.29, 0.717) is 28.8 Å². The number of anilines is 1. The van der Waals surface area contributed by atoms with E-state index >= 15 is 0 Å². The van der Waals surface area contributed by atoms with Crippen LogP contribution in [0.2, 0.25) is 0 Å². The van der Waals surface area contributed by atoms with Gasteiger partial charge in [0, 0.05) is 41.0 Å². The second-order valence-electron chi connectivity index (χ2n) is 6.37. The van der Waals surface area contributed by atoms with Crippen LogP contribution in [0.4, 0.5) is 19.0 Å². The van der Waals surface area contributed by atoms with Gasteiger partial charge in [-0.3, -0.25) is 4.79 Å². The number of nitrogens with one attached hydrogen (secondary N) is 1. The molecule has 148 valence electrons. The minimum absolute atomic E-state index is 0.0856. The van der Waals surface area contributed by atoms with Crippen molar-refractivity contribution in [2.75, 3.05) is 11.2 Å². The van der Waals surface area contributed by atoms with Crippen molar-refractivity contribution in [2.24, 2.45) is 0 Å². The Morgan fingerprint density at radius 2 is 1.93 bits per heavy atom. The molecule has 9 heteroatoms. The lowest BCUT2D eigenvalue weighted by Gasteiger charge is -2.18. The lowest BCUT2D eigenvalue weighted by molar-refractivity contribution is 0.146. The van der Waals surface area contributed by atoms with Crippen LogP contribution in [0.5, 0.6) is 0 Å². The molecule has 1 aromatic carbocycles. The van der Waals surface area contributed by atoms with Crippen LogP contribution in [0.25, 0.3) is 10.8 Å². The topological polar surface area (TPSA) is 59.8 Å². The fourth-order valence-electron chi connectivity index (χ4n) is 3.02. The maximum absolute atomic E-state index is 14.5. The monoisotopic (exact) mass is 410 g/mol. The van der Waals surface area contributed by atoms with E-state index in [4.69, 9.17) is 11.6 Å². The van der Waals surface area contributed by atoms with Crippen molar-refractivity contribution in [1.29, 1.82) is 0 Å². The average Bonchev–Trinajstić information content (AvgIpc) is 2.65. The smallest absolute Gasteiger partial charge is 0.266 e. The number of aromatic nitrogens is 3. The van der Waals surface area contributed by atoms with E-state index in [2.05, 4.69) is 15.5 Å². The van der Waals surface area contributed by atoms with Crippen molar-refractivity contribution in [3.05, 3.63) is 63.5 Å². The third-order valence-electron chi connectivity index (χ3n) is 4.51. The highest BCUT2D eigenvalue weighted by molar-refractivity contribution is 6.17. The molecule has 1 atom stereocenters. The molecule has 0 saturated carbocycles. The molecule has 5 nitrogen and oxygen atoms in total. The Kier molecular flexibility index (Phi) is 5.88. The van der Waals surface area contributed by atoms with Gasteiger partial charge in [0.1, 0.15) is 5.82 Å². The molecule has 0 radical (unpaired) electrons. The maximum Gasteiger partial charge on any atom is 0.266 e. The van der Waals surface area contributed by atoms with Crippen molar-refractivity contribution < 1.29 is 13.2 Å². The first-order chi connectivity index (χ1) is 13.3. The summed E-state index contributed by atoms with van der Waals surface area (Å²) in [5.74, 6) is -0.382. The highest BCUT2D eigenvalue weighted by Crippen LogP contribution is 2.30. The minimum atomic E-state index is -2.91. The zero-order chi connectivity index (χ0) is 20.4. The second-order valence-corrected chi connectivity index (χ2v) is 6.75. The summed E-state index contributed by atoms with van der Waals surface area (Å²) in [5.41, 5.74) is -0.225. The largest absolute Gasteiger partial charge is 0.361 e. The first-order valence-electron chi connectivity index (χ1n) is 8.60. The molecule has 0 unspecified atom stereocenters. The van der Waals surface area contributed by atoms with E-state index in [1.54, 1.807) is 20.0 Å². The van der Waals surface area contributed by atoms with Crippen molar-refractivity contribution in [1.82, 2.24) is 14.8 Å². The lowest BCUT2D eigenvalue weighted by atomic mass is 10.0. The molecule has 2 aromatic heterocycles. The SMILES string of the molecule is Cc1nnc(N[C@H](C)c2cccc(C(F)F)c2F)c2cn(CCCl)c(=O)cc12. The van der Waals surface area contributed by atoms with E-state index in [1.807, 2.05) is 0 Å². The Morgan fingerprint density at radius 3 is 2.61 bits per heavy atom. The average molecular weight is 411 g/mol. The number of nitrogens with zero attached hydrogens (tertiary/aromatic N) is 3. The number of pyridine rings is 1. The number of hydrogen-bond acceptors (Lipinski definition) is 4. The maximum atomic E-state index is 14.5. The molecule has 0 aliphatic rings. The molecule has 0 bridgehead atoms. The summed E-state index contributed by atoms with van der Waals surface area (Å²) in [5, 5.41) is 12.4. The first kappa shape index (κ1) is 20.1. The number of alkyl halides is 3. The van der Waals surface area contributed by atoms with Gasteiger partial charge in [-0.05, 0) is 13.8 Å². The fourth-order valence-corrected chi connectivity index (χ4v) is 3.20. The standard InChI is InChI=1S/C19H18ClF3N4O/c1-10(12-4-3-5-13(17(12)21)18(22)23)24-19-15-9-27(7-6-20)16(28)8-14(15)11(2)25-26-19/h3-5,8-10,18H,6-7H2,1-2H3,(H,24,26)/t10-/m1/s1. The quantitative estimate of drug-likeness (QED) is 0.604. The second kappa shape index (κ2) is 8.18. The van der Waals surface area contributed by atoms with Gasteiger partial charge in [-0.2, -0.15) is 5.10 Å². The molecule has 1 N–H and O–H groups in total. The normalized spacial score (nSPS) is 12.5. The number of aryl methyl sites for hydroxylation is 2. The summed E-state index contributed by atoms with van der Waals surface area (Å²) >= 11 is 5.75. The van der Waals surface area contributed by atoms with Gasteiger partial charge in [0.05, 0.1) is 17.3 Å². The first-order valence-corrected chi connectivity index (χ1v) is 9.13. The Morgan fingerprint density at radius 1 is 1.21 bits per heavy atom. The molecule has 3 rings (SSSR count). The summed E-state index contributed by atoms with van der Waals surface area (Å²) in [6.45, 7) is 3.67. The molecular formula is C19H18ClF3N4O. The molecule has 2 heterocycles. The third-order valence-corrected chi connectivity index (χ3v) is 4.68. The molecule has 3 aromatic rings. The minimum Gasteiger partial charge on any atom is -0.361 e. The molecule has 0 aliphatic heterocycles. The van der Waals surface area contributed by atoms with Crippen molar-refractivity contribution in [3.63, 3.8) is 0 Å². The zero-order valence-corrected chi connectivity index (χ0v) is 16.0. The van der Waals surface area contributed by atoms with Crippen LogP contribution in [0, 0.1) is 12.7 Å². The molecule has 0 fully saturated rings. The van der Waals surface area contributed by atoms with Crippen molar-refractivity contribution >= 4 is 28.2 Å². The van der Waals surface area contributed by atoms with E-state index in [0.717, 1.165) is 6.07 Å². The molecule has 0 aliphatic carbocycles. The summed E-state index contributed by atoms with van der Waals surface area (Å²) in [6, 6.07) is 4.66. The van der Waals surface area contributed by atoms with Gasteiger partial charge < -0.3 is 9.88 Å². The highest BCUT2D eigenvalue weighted by atomic mass is 35.5. The van der Waals surface area contributed by atoms with Crippen LogP contribution >= 0.6 is 11.6 Å². The van der Waals surface area contributed by atoms with Gasteiger partial charge in [0.15, 0.2) is 5.82 Å². The molecule has 0 spiro atoms. The molecule has 0 saturated heterocycles. The molecular weight excluding hydrogens is 393 g/mol. The molecule has 28 heavy (non-hydrogen) atoms. The Bertz CT molecular complexity index is 1070. The summed E-state index contributed by atoms with van der Waals surface area (Å²) in [7, 11) is 0. The highest BCUT2D eigenvalue weighted by Gasteiger charge is 2.20. The van der Waals surface area contributed by atoms with Crippen molar-refractivity contribution in [2.45, 2.75) is 32.9 Å². The Balaban J connectivity index is 2.05. The van der Waals surface area contributed by atoms with E-state index in [1.165, 1.54) is 22.8 Å². The van der Waals surface area contributed by atoms with Gasteiger partial charge >= 0.3 is 0 Å². The van der Waals surface area contributed by atoms with Crippen LogP contribution in [-0.4, -0.2) is 20.6 Å². The summed E-state index contributed by atoms with van der Waals surface area (Å²) in [6.07, 6.45) is -1.29. The van der Waals surface area contributed by atoms with E-state index in [-0.39, 0.29) is 17.0 Å². The number of halogens is 4. The summed E-state index contributed by atoms with van der Waals surface area (Å²) < 4.78 is 41.9. The Hall–Kier alpha value is -2.61. The van der Waals surface area contributed by atoms with Gasteiger partial charge in [0.2, 0.25) is 0 Å². The van der Waals surface area contributed by atoms with Crippen molar-refractivity contribution in [3.8, 4) is 0 Å². The lowest BCUT2D eigenvalue weighted by Crippen LogP contribution is -2.20. The number of fused-ring (bicyclic) bond motifs is 1. The van der Waals surface area contributed by atoms with Gasteiger partial charge in [-0.1, -0.05) is 18.2 Å². The fraction of sp³-hybridized carbons (Fsp3) is 0.316. The Labute approximate surface area is 164 Å². The van der Waals surface area contributed by atoms with Gasteiger partial charge in [-0.15, -0.1) is 16.7 Å². The van der Waals surface area contributed by atoms with E-state index < -0.39 is 23.8 Å². The number of hydrogen-bond donors (Lipinski definition) is 1. The zero-order valence-electron chi connectivity index (χ0n) is 15.2. The van der Waals surface area contributed by atoms with Crippen LogP contribution in [0.1, 0.15) is 36.2 Å². The van der Waals surface area contributed by atoms with Gasteiger partial charge in [-0.25, -0.2) is 13.2 Å². The van der Waals surface area contributed by atoms with Crippen LogP contribution in [-0.2, 0) is 6.54 Å².